The number of carbonyl (C=O) groups excluding carboxylic acids is 1. The number of rotatable bonds is 2. The summed E-state index contributed by atoms with van der Waals surface area (Å²) in [4.78, 5) is 24.9. The molecule has 2 amide bonds. The van der Waals surface area contributed by atoms with Gasteiger partial charge in [0.25, 0.3) is 0 Å². The van der Waals surface area contributed by atoms with Crippen LogP contribution in [0.2, 0.25) is 0 Å². The molecule has 1 atom stereocenters. The number of aliphatic carboxylic acids is 1. The third-order valence-corrected chi connectivity index (χ3v) is 3.92. The van der Waals surface area contributed by atoms with Gasteiger partial charge in [-0.15, -0.1) is 0 Å². The first kappa shape index (κ1) is 15.3. The number of carboxylic acid groups (broad SMARTS) is 1. The first-order chi connectivity index (χ1) is 9.82. The molecule has 1 heterocycles. The third kappa shape index (κ3) is 3.32. The van der Waals surface area contributed by atoms with E-state index in [2.05, 4.69) is 5.32 Å². The SMILES string of the molecule is Cc1ccc(NC(=O)N2CCCC(C)(C(=O)O)C2)cc1F. The zero-order chi connectivity index (χ0) is 15.6. The number of amides is 2. The molecule has 6 heteroatoms. The Hall–Kier alpha value is -2.11. The molecule has 1 fully saturated rings. The van der Waals surface area contributed by atoms with E-state index in [1.165, 1.54) is 11.0 Å². The van der Waals surface area contributed by atoms with Gasteiger partial charge in [0, 0.05) is 18.8 Å². The average molecular weight is 294 g/mol. The lowest BCUT2D eigenvalue weighted by atomic mass is 9.82. The molecule has 5 nitrogen and oxygen atoms in total. The van der Waals surface area contributed by atoms with E-state index in [1.807, 2.05) is 0 Å². The van der Waals surface area contributed by atoms with Crippen LogP contribution < -0.4 is 5.32 Å². The summed E-state index contributed by atoms with van der Waals surface area (Å²) in [5, 5.41) is 11.9. The quantitative estimate of drug-likeness (QED) is 0.881. The van der Waals surface area contributed by atoms with Gasteiger partial charge in [-0.2, -0.15) is 0 Å². The van der Waals surface area contributed by atoms with Crippen molar-refractivity contribution in [2.75, 3.05) is 18.4 Å². The summed E-state index contributed by atoms with van der Waals surface area (Å²) in [6.07, 6.45) is 1.18. The lowest BCUT2D eigenvalue weighted by molar-refractivity contribution is -0.150. The molecule has 1 aromatic carbocycles. The number of hydrogen-bond donors (Lipinski definition) is 2. The standard InChI is InChI=1S/C15H19FN2O3/c1-10-4-5-11(8-12(10)16)17-14(21)18-7-3-6-15(2,9-18)13(19)20/h4-5,8H,3,6-7,9H2,1-2H3,(H,17,21)(H,19,20). The lowest BCUT2D eigenvalue weighted by Crippen LogP contribution is -2.49. The Morgan fingerprint density at radius 2 is 2.14 bits per heavy atom. The highest BCUT2D eigenvalue weighted by molar-refractivity contribution is 5.90. The minimum absolute atomic E-state index is 0.155. The highest BCUT2D eigenvalue weighted by Crippen LogP contribution is 2.30. The van der Waals surface area contributed by atoms with Crippen LogP contribution in [0.25, 0.3) is 0 Å². The van der Waals surface area contributed by atoms with Crippen LogP contribution in [0.5, 0.6) is 0 Å². The summed E-state index contributed by atoms with van der Waals surface area (Å²) in [6.45, 7) is 3.94. The van der Waals surface area contributed by atoms with Gasteiger partial charge in [0.15, 0.2) is 0 Å². The highest BCUT2D eigenvalue weighted by Gasteiger charge is 2.39. The molecular formula is C15H19FN2O3. The Labute approximate surface area is 122 Å². The van der Waals surface area contributed by atoms with E-state index in [-0.39, 0.29) is 12.4 Å². The number of urea groups is 1. The largest absolute Gasteiger partial charge is 0.481 e. The topological polar surface area (TPSA) is 69.6 Å². The van der Waals surface area contributed by atoms with E-state index in [1.54, 1.807) is 26.0 Å². The fourth-order valence-corrected chi connectivity index (χ4v) is 2.46. The van der Waals surface area contributed by atoms with Crippen molar-refractivity contribution in [3.8, 4) is 0 Å². The molecule has 0 spiro atoms. The Kier molecular flexibility index (Phi) is 4.16. The van der Waals surface area contributed by atoms with Crippen LogP contribution in [0.15, 0.2) is 18.2 Å². The van der Waals surface area contributed by atoms with Crippen LogP contribution in [-0.2, 0) is 4.79 Å². The molecule has 1 aliphatic heterocycles. The number of likely N-dealkylation sites (tertiary alicyclic amines) is 1. The normalized spacial score (nSPS) is 22.0. The number of halogens is 1. The van der Waals surface area contributed by atoms with Crippen molar-refractivity contribution >= 4 is 17.7 Å². The maximum Gasteiger partial charge on any atom is 0.321 e. The molecule has 114 valence electrons. The van der Waals surface area contributed by atoms with Crippen LogP contribution in [0.4, 0.5) is 14.9 Å². The van der Waals surface area contributed by atoms with Crippen molar-refractivity contribution in [1.82, 2.24) is 4.90 Å². The average Bonchev–Trinajstić information content (AvgIpc) is 2.43. The van der Waals surface area contributed by atoms with Gasteiger partial charge < -0.3 is 15.3 Å². The molecule has 1 unspecified atom stereocenters. The smallest absolute Gasteiger partial charge is 0.321 e. The van der Waals surface area contributed by atoms with Gasteiger partial charge in [0.1, 0.15) is 5.82 Å². The highest BCUT2D eigenvalue weighted by atomic mass is 19.1. The molecule has 1 saturated heterocycles. The summed E-state index contributed by atoms with van der Waals surface area (Å²) in [7, 11) is 0. The molecule has 0 bridgehead atoms. The van der Waals surface area contributed by atoms with Crippen molar-refractivity contribution in [2.45, 2.75) is 26.7 Å². The van der Waals surface area contributed by atoms with Crippen molar-refractivity contribution in [2.24, 2.45) is 5.41 Å². The maximum atomic E-state index is 13.5. The van der Waals surface area contributed by atoms with Crippen LogP contribution in [-0.4, -0.2) is 35.1 Å². The predicted molar refractivity (Wildman–Crippen MR) is 76.7 cm³/mol. The van der Waals surface area contributed by atoms with Gasteiger partial charge in [0.2, 0.25) is 0 Å². The fraction of sp³-hybridized carbons (Fsp3) is 0.467. The van der Waals surface area contributed by atoms with Gasteiger partial charge in [-0.05, 0) is 44.4 Å². The number of benzene rings is 1. The maximum absolute atomic E-state index is 13.5. The molecule has 2 N–H and O–H groups in total. The Bertz CT molecular complexity index is 576. The summed E-state index contributed by atoms with van der Waals surface area (Å²) in [5.41, 5.74) is -0.0520. The van der Waals surface area contributed by atoms with Crippen LogP contribution in [0, 0.1) is 18.2 Å². The second-order valence-corrected chi connectivity index (χ2v) is 5.79. The second-order valence-electron chi connectivity index (χ2n) is 5.79. The van der Waals surface area contributed by atoms with Crippen molar-refractivity contribution in [3.63, 3.8) is 0 Å². The Balaban J connectivity index is 2.06. The van der Waals surface area contributed by atoms with E-state index in [4.69, 9.17) is 0 Å². The van der Waals surface area contributed by atoms with E-state index < -0.39 is 17.4 Å². The van der Waals surface area contributed by atoms with Crippen LogP contribution >= 0.6 is 0 Å². The zero-order valence-corrected chi connectivity index (χ0v) is 12.1. The van der Waals surface area contributed by atoms with E-state index in [0.717, 1.165) is 0 Å². The minimum Gasteiger partial charge on any atom is -0.481 e. The summed E-state index contributed by atoms with van der Waals surface area (Å²) in [5.74, 6) is -1.29. The molecule has 21 heavy (non-hydrogen) atoms. The summed E-state index contributed by atoms with van der Waals surface area (Å²) < 4.78 is 13.5. The predicted octanol–water partition coefficient (Wildman–Crippen LogP) is 2.85. The number of anilines is 1. The van der Waals surface area contributed by atoms with Crippen molar-refractivity contribution in [1.29, 1.82) is 0 Å². The van der Waals surface area contributed by atoms with Crippen LogP contribution in [0.3, 0.4) is 0 Å². The molecule has 1 aliphatic rings. The molecular weight excluding hydrogens is 275 g/mol. The molecule has 0 aliphatic carbocycles. The second kappa shape index (κ2) is 5.71. The molecule has 1 aromatic rings. The first-order valence-electron chi connectivity index (χ1n) is 6.87. The summed E-state index contributed by atoms with van der Waals surface area (Å²) in [6, 6.07) is 4.07. The zero-order valence-electron chi connectivity index (χ0n) is 12.1. The first-order valence-corrected chi connectivity index (χ1v) is 6.87. The van der Waals surface area contributed by atoms with E-state index in [9.17, 15) is 19.1 Å². The van der Waals surface area contributed by atoms with Crippen molar-refractivity contribution < 1.29 is 19.1 Å². The lowest BCUT2D eigenvalue weighted by Gasteiger charge is -2.37. The Morgan fingerprint density at radius 1 is 1.43 bits per heavy atom. The van der Waals surface area contributed by atoms with Gasteiger partial charge in [0.05, 0.1) is 5.41 Å². The Morgan fingerprint density at radius 3 is 2.76 bits per heavy atom. The van der Waals surface area contributed by atoms with E-state index in [0.29, 0.717) is 30.6 Å². The van der Waals surface area contributed by atoms with Crippen molar-refractivity contribution in [3.05, 3.63) is 29.6 Å². The number of aryl methyl sites for hydroxylation is 1. The van der Waals surface area contributed by atoms with Gasteiger partial charge in [-0.3, -0.25) is 4.79 Å². The number of carbonyl (C=O) groups is 2. The number of nitrogens with one attached hydrogen (secondary N) is 1. The monoisotopic (exact) mass is 294 g/mol. The molecule has 2 rings (SSSR count). The fourth-order valence-electron chi connectivity index (χ4n) is 2.46. The number of hydrogen-bond acceptors (Lipinski definition) is 2. The van der Waals surface area contributed by atoms with Crippen LogP contribution in [0.1, 0.15) is 25.3 Å². The number of carboxylic acids is 1. The van der Waals surface area contributed by atoms with Gasteiger partial charge >= 0.3 is 12.0 Å². The number of piperidine rings is 1. The molecule has 0 aromatic heterocycles. The van der Waals surface area contributed by atoms with Gasteiger partial charge in [-0.25, -0.2) is 9.18 Å². The number of nitrogens with zero attached hydrogens (tertiary/aromatic N) is 1. The summed E-state index contributed by atoms with van der Waals surface area (Å²) >= 11 is 0. The van der Waals surface area contributed by atoms with Gasteiger partial charge in [-0.1, -0.05) is 6.07 Å². The molecule has 0 saturated carbocycles. The van der Waals surface area contributed by atoms with E-state index >= 15 is 0 Å². The molecule has 0 radical (unpaired) electrons. The third-order valence-electron chi connectivity index (χ3n) is 3.92. The minimum atomic E-state index is -0.923.